The minimum Gasteiger partial charge on any atom is -0.386 e. The molecule has 15 heavy (non-hydrogen) atoms. The largest absolute Gasteiger partial charge is 0.386 e. The van der Waals surface area contributed by atoms with E-state index >= 15 is 0 Å². The van der Waals surface area contributed by atoms with E-state index in [-0.39, 0.29) is 0 Å². The molecular weight excluding hydrogens is 321 g/mol. The minimum absolute atomic E-state index is 0.398. The van der Waals surface area contributed by atoms with Gasteiger partial charge < -0.3 is 5.11 Å². The van der Waals surface area contributed by atoms with Crippen molar-refractivity contribution >= 4 is 44.1 Å². The van der Waals surface area contributed by atoms with Crippen LogP contribution in [0.25, 0.3) is 10.2 Å². The quantitative estimate of drug-likeness (QED) is 0.868. The average Bonchev–Trinajstić information content (AvgIpc) is 2.60. The third kappa shape index (κ3) is 2.49. The third-order valence-corrected chi connectivity index (χ3v) is 4.00. The molecular formula is C11H12INOS. The Morgan fingerprint density at radius 2 is 2.33 bits per heavy atom. The Hall–Kier alpha value is -0.200. The Labute approximate surface area is 106 Å². The average molecular weight is 333 g/mol. The van der Waals surface area contributed by atoms with Crippen molar-refractivity contribution in [2.45, 2.75) is 25.9 Å². The van der Waals surface area contributed by atoms with Crippen molar-refractivity contribution in [2.75, 3.05) is 0 Å². The summed E-state index contributed by atoms with van der Waals surface area (Å²) in [6.45, 7) is 2.07. The fourth-order valence-electron chi connectivity index (χ4n) is 1.46. The van der Waals surface area contributed by atoms with Crippen molar-refractivity contribution in [1.82, 2.24) is 4.98 Å². The molecule has 0 spiro atoms. The Kier molecular flexibility index (Phi) is 3.58. The van der Waals surface area contributed by atoms with Gasteiger partial charge >= 0.3 is 0 Å². The van der Waals surface area contributed by atoms with Gasteiger partial charge in [-0.2, -0.15) is 0 Å². The van der Waals surface area contributed by atoms with Crippen LogP contribution < -0.4 is 0 Å². The fraction of sp³-hybridized carbons (Fsp3) is 0.364. The zero-order valence-corrected chi connectivity index (χ0v) is 11.4. The molecule has 0 fully saturated rings. The summed E-state index contributed by atoms with van der Waals surface area (Å²) in [7, 11) is 0. The first-order valence-corrected chi connectivity index (χ1v) is 6.84. The molecule has 1 heterocycles. The van der Waals surface area contributed by atoms with Gasteiger partial charge in [0.1, 0.15) is 11.1 Å². The standard InChI is InChI=1S/C11H12INOS/c1-2-3-9(14)11-13-8-5-4-7(12)6-10(8)15-11/h4-6,9,14H,2-3H2,1H3/t9-/m0/s1. The molecule has 0 saturated carbocycles. The first-order valence-electron chi connectivity index (χ1n) is 4.94. The van der Waals surface area contributed by atoms with Gasteiger partial charge in [-0.3, -0.25) is 0 Å². The van der Waals surface area contributed by atoms with Gasteiger partial charge in [0.2, 0.25) is 0 Å². The van der Waals surface area contributed by atoms with Gasteiger partial charge in [0.25, 0.3) is 0 Å². The fourth-order valence-corrected chi connectivity index (χ4v) is 3.19. The lowest BCUT2D eigenvalue weighted by molar-refractivity contribution is 0.166. The molecule has 0 aliphatic heterocycles. The molecule has 80 valence electrons. The van der Waals surface area contributed by atoms with Crippen molar-refractivity contribution in [1.29, 1.82) is 0 Å². The number of aliphatic hydroxyl groups is 1. The van der Waals surface area contributed by atoms with Crippen molar-refractivity contribution in [3.63, 3.8) is 0 Å². The molecule has 0 aliphatic carbocycles. The van der Waals surface area contributed by atoms with Crippen LogP contribution >= 0.6 is 33.9 Å². The number of hydrogen-bond donors (Lipinski definition) is 1. The highest BCUT2D eigenvalue weighted by molar-refractivity contribution is 14.1. The maximum Gasteiger partial charge on any atom is 0.122 e. The first kappa shape index (κ1) is 11.3. The normalized spacial score (nSPS) is 13.3. The van der Waals surface area contributed by atoms with Crippen LogP contribution in [0.1, 0.15) is 30.9 Å². The highest BCUT2D eigenvalue weighted by atomic mass is 127. The second-order valence-corrected chi connectivity index (χ2v) is 5.78. The van der Waals surface area contributed by atoms with E-state index in [0.717, 1.165) is 28.1 Å². The molecule has 1 atom stereocenters. The summed E-state index contributed by atoms with van der Waals surface area (Å²) in [4.78, 5) is 4.44. The van der Waals surface area contributed by atoms with Gasteiger partial charge in [0.05, 0.1) is 10.2 Å². The van der Waals surface area contributed by atoms with E-state index < -0.39 is 6.10 Å². The molecule has 0 radical (unpaired) electrons. The van der Waals surface area contributed by atoms with Crippen LogP contribution in [0, 0.1) is 3.57 Å². The van der Waals surface area contributed by atoms with Gasteiger partial charge in [-0.25, -0.2) is 4.98 Å². The predicted octanol–water partition coefficient (Wildman–Crippen LogP) is 3.73. The van der Waals surface area contributed by atoms with E-state index in [0.29, 0.717) is 0 Å². The molecule has 0 amide bonds. The Morgan fingerprint density at radius 1 is 1.53 bits per heavy atom. The Morgan fingerprint density at radius 3 is 3.07 bits per heavy atom. The highest BCUT2D eigenvalue weighted by Gasteiger charge is 2.12. The van der Waals surface area contributed by atoms with Gasteiger partial charge in [-0.15, -0.1) is 11.3 Å². The van der Waals surface area contributed by atoms with Gasteiger partial charge in [0.15, 0.2) is 0 Å². The maximum atomic E-state index is 9.84. The maximum absolute atomic E-state index is 9.84. The minimum atomic E-state index is -0.398. The lowest BCUT2D eigenvalue weighted by Gasteiger charge is -2.03. The number of halogens is 1. The number of hydrogen-bond acceptors (Lipinski definition) is 3. The lowest BCUT2D eigenvalue weighted by atomic mass is 10.2. The lowest BCUT2D eigenvalue weighted by Crippen LogP contribution is -1.94. The summed E-state index contributed by atoms with van der Waals surface area (Å²) in [6, 6.07) is 6.16. The van der Waals surface area contributed by atoms with Crippen LogP contribution in [0.15, 0.2) is 18.2 Å². The second-order valence-electron chi connectivity index (χ2n) is 3.47. The van der Waals surface area contributed by atoms with Crippen LogP contribution in [0.2, 0.25) is 0 Å². The van der Waals surface area contributed by atoms with Gasteiger partial charge in [-0.05, 0) is 47.2 Å². The molecule has 2 rings (SSSR count). The van der Waals surface area contributed by atoms with Crippen molar-refractivity contribution < 1.29 is 5.11 Å². The molecule has 0 bridgehead atoms. The number of fused-ring (bicyclic) bond motifs is 1. The second kappa shape index (κ2) is 4.76. The number of rotatable bonds is 3. The third-order valence-electron chi connectivity index (χ3n) is 2.21. The van der Waals surface area contributed by atoms with Crippen molar-refractivity contribution in [2.24, 2.45) is 0 Å². The SMILES string of the molecule is CCC[C@H](O)c1nc2ccc(I)cc2s1. The zero-order chi connectivity index (χ0) is 10.8. The summed E-state index contributed by atoms with van der Waals surface area (Å²) >= 11 is 3.88. The van der Waals surface area contributed by atoms with E-state index in [1.807, 2.05) is 12.1 Å². The molecule has 0 aliphatic rings. The van der Waals surface area contributed by atoms with Crippen molar-refractivity contribution in [3.8, 4) is 0 Å². The van der Waals surface area contributed by atoms with Gasteiger partial charge in [0, 0.05) is 3.57 Å². The zero-order valence-electron chi connectivity index (χ0n) is 8.40. The van der Waals surface area contributed by atoms with Crippen LogP contribution in [-0.2, 0) is 0 Å². The number of aromatic nitrogens is 1. The summed E-state index contributed by atoms with van der Waals surface area (Å²) < 4.78 is 2.37. The molecule has 0 unspecified atom stereocenters. The molecule has 1 N–H and O–H groups in total. The van der Waals surface area contributed by atoms with E-state index in [4.69, 9.17) is 0 Å². The van der Waals surface area contributed by atoms with Crippen LogP contribution in [0.5, 0.6) is 0 Å². The van der Waals surface area contributed by atoms with E-state index in [2.05, 4.69) is 40.6 Å². The molecule has 2 aromatic rings. The van der Waals surface area contributed by atoms with Crippen LogP contribution in [-0.4, -0.2) is 10.1 Å². The number of thiazole rings is 1. The smallest absolute Gasteiger partial charge is 0.122 e. The van der Waals surface area contributed by atoms with E-state index in [1.165, 1.54) is 3.57 Å². The van der Waals surface area contributed by atoms with Crippen molar-refractivity contribution in [3.05, 3.63) is 26.8 Å². The predicted molar refractivity (Wildman–Crippen MR) is 72.2 cm³/mol. The van der Waals surface area contributed by atoms with Crippen LogP contribution in [0.3, 0.4) is 0 Å². The summed E-state index contributed by atoms with van der Waals surface area (Å²) in [6.07, 6.45) is 1.37. The number of benzene rings is 1. The molecule has 0 saturated heterocycles. The topological polar surface area (TPSA) is 33.1 Å². The summed E-state index contributed by atoms with van der Waals surface area (Å²) in [5.74, 6) is 0. The van der Waals surface area contributed by atoms with Crippen LogP contribution in [0.4, 0.5) is 0 Å². The summed E-state index contributed by atoms with van der Waals surface area (Å²) in [5, 5.41) is 10.7. The first-order chi connectivity index (χ1) is 7.20. The van der Waals surface area contributed by atoms with Gasteiger partial charge in [-0.1, -0.05) is 13.3 Å². The number of nitrogens with zero attached hydrogens (tertiary/aromatic N) is 1. The molecule has 1 aromatic heterocycles. The Balaban J connectivity index is 2.38. The van der Waals surface area contributed by atoms with E-state index in [1.54, 1.807) is 11.3 Å². The molecule has 4 heteroatoms. The monoisotopic (exact) mass is 333 g/mol. The summed E-state index contributed by atoms with van der Waals surface area (Å²) in [5.41, 5.74) is 0.991. The number of aliphatic hydroxyl groups excluding tert-OH is 1. The van der Waals surface area contributed by atoms with E-state index in [9.17, 15) is 5.11 Å². The highest BCUT2D eigenvalue weighted by Crippen LogP contribution is 2.29. The molecule has 1 aromatic carbocycles. The Bertz CT molecular complexity index is 469. The molecule has 2 nitrogen and oxygen atoms in total.